The van der Waals surface area contributed by atoms with E-state index in [2.05, 4.69) is 14.7 Å². The van der Waals surface area contributed by atoms with E-state index < -0.39 is 22.0 Å². The fraction of sp³-hybridized carbons (Fsp3) is 0.222. The second-order valence-electron chi connectivity index (χ2n) is 6.44. The van der Waals surface area contributed by atoms with Crippen LogP contribution in [0.3, 0.4) is 0 Å². The van der Waals surface area contributed by atoms with Gasteiger partial charge in [0, 0.05) is 22.7 Å². The van der Waals surface area contributed by atoms with E-state index in [9.17, 15) is 18.0 Å². The molecule has 0 saturated carbocycles. The number of aliphatic imine (C=N–C) groups is 1. The maximum atomic E-state index is 12.3. The number of rotatable bonds is 4. The molecule has 0 spiro atoms. The molecule has 1 aromatic carbocycles. The molecule has 2 aromatic heterocycles. The van der Waals surface area contributed by atoms with Gasteiger partial charge in [0.2, 0.25) is 0 Å². The van der Waals surface area contributed by atoms with Gasteiger partial charge in [-0.3, -0.25) is 18.9 Å². The van der Waals surface area contributed by atoms with Gasteiger partial charge in [-0.25, -0.2) is 18.2 Å². The molecule has 3 aromatic rings. The van der Waals surface area contributed by atoms with Crippen molar-refractivity contribution >= 4 is 38.1 Å². The minimum Gasteiger partial charge on any atom is -0.458 e. The molecule has 4 rings (SSSR count). The van der Waals surface area contributed by atoms with Crippen molar-refractivity contribution in [2.45, 2.75) is 31.4 Å². The van der Waals surface area contributed by atoms with Crippen LogP contribution >= 0.6 is 11.3 Å². The summed E-state index contributed by atoms with van der Waals surface area (Å²) in [6.45, 7) is 3.13. The maximum Gasteiger partial charge on any atom is 0.331 e. The molecular formula is C18H16N4O5S2. The standard InChI is InChI=1S/C18H16N4O5S2/c1-10-9-28-18-20-12(7-15(23)22(10)18)8-27-17(24)11(2)19-16-13-5-3-4-6-14(13)29(25,26)21-16/h3-7,9,11H,8H2,1-2H3,(H,19,21)/t11-/m0/s1. The molecule has 1 aliphatic heterocycles. The number of carbonyl (C=O) groups excluding carboxylic acids is 1. The van der Waals surface area contributed by atoms with E-state index in [0.29, 0.717) is 16.2 Å². The van der Waals surface area contributed by atoms with Crippen molar-refractivity contribution in [2.75, 3.05) is 0 Å². The van der Waals surface area contributed by atoms with Crippen LogP contribution in [0.2, 0.25) is 0 Å². The fourth-order valence-corrected chi connectivity index (χ4v) is 5.05. The van der Waals surface area contributed by atoms with Gasteiger partial charge >= 0.3 is 5.97 Å². The van der Waals surface area contributed by atoms with Crippen LogP contribution in [0.25, 0.3) is 4.96 Å². The van der Waals surface area contributed by atoms with E-state index in [1.807, 2.05) is 12.3 Å². The second-order valence-corrected chi connectivity index (χ2v) is 8.93. The smallest absolute Gasteiger partial charge is 0.331 e. The Morgan fingerprint density at radius 3 is 2.93 bits per heavy atom. The number of aryl methyl sites for hydroxylation is 1. The number of fused-ring (bicyclic) bond motifs is 2. The van der Waals surface area contributed by atoms with Crippen LogP contribution in [0.5, 0.6) is 0 Å². The predicted molar refractivity (Wildman–Crippen MR) is 107 cm³/mol. The van der Waals surface area contributed by atoms with Crippen molar-refractivity contribution in [2.24, 2.45) is 4.99 Å². The quantitative estimate of drug-likeness (QED) is 0.620. The summed E-state index contributed by atoms with van der Waals surface area (Å²) in [4.78, 5) is 33.6. The average Bonchev–Trinajstić information content (AvgIpc) is 3.17. The van der Waals surface area contributed by atoms with Gasteiger partial charge in [0.1, 0.15) is 18.5 Å². The first-order chi connectivity index (χ1) is 13.8. The van der Waals surface area contributed by atoms with E-state index in [4.69, 9.17) is 4.74 Å². The summed E-state index contributed by atoms with van der Waals surface area (Å²) < 4.78 is 33.3. The lowest BCUT2D eigenvalue weighted by Gasteiger charge is -2.09. The Balaban J connectivity index is 1.50. The van der Waals surface area contributed by atoms with Gasteiger partial charge in [-0.2, -0.15) is 0 Å². The van der Waals surface area contributed by atoms with Crippen molar-refractivity contribution in [3.8, 4) is 0 Å². The molecular weight excluding hydrogens is 416 g/mol. The number of thiazole rings is 1. The molecule has 0 amide bonds. The van der Waals surface area contributed by atoms with Crippen LogP contribution in [-0.4, -0.2) is 35.6 Å². The monoisotopic (exact) mass is 432 g/mol. The second kappa shape index (κ2) is 7.08. The van der Waals surface area contributed by atoms with Gasteiger partial charge in [0.05, 0.1) is 10.6 Å². The van der Waals surface area contributed by atoms with Crippen molar-refractivity contribution in [1.82, 2.24) is 14.1 Å². The first-order valence-electron chi connectivity index (χ1n) is 8.60. The van der Waals surface area contributed by atoms with Crippen LogP contribution in [0.4, 0.5) is 0 Å². The Bertz CT molecular complexity index is 1320. The summed E-state index contributed by atoms with van der Waals surface area (Å²) in [5.74, 6) is -0.567. The number of sulfonamides is 1. The van der Waals surface area contributed by atoms with E-state index in [1.54, 1.807) is 18.2 Å². The maximum absolute atomic E-state index is 12.3. The number of aromatic nitrogens is 2. The number of benzene rings is 1. The minimum absolute atomic E-state index is 0.0944. The highest BCUT2D eigenvalue weighted by Gasteiger charge is 2.31. The van der Waals surface area contributed by atoms with E-state index in [-0.39, 0.29) is 22.9 Å². The molecule has 9 nitrogen and oxygen atoms in total. The number of ether oxygens (including phenoxy) is 1. The summed E-state index contributed by atoms with van der Waals surface area (Å²) in [5, 5.41) is 1.82. The normalized spacial score (nSPS) is 17.1. The molecule has 0 aliphatic carbocycles. The largest absolute Gasteiger partial charge is 0.458 e. The summed E-state index contributed by atoms with van der Waals surface area (Å²) in [7, 11) is -3.68. The van der Waals surface area contributed by atoms with Gasteiger partial charge < -0.3 is 4.74 Å². The third-order valence-electron chi connectivity index (χ3n) is 4.32. The molecule has 3 heterocycles. The van der Waals surface area contributed by atoms with Gasteiger partial charge in [0.25, 0.3) is 15.6 Å². The van der Waals surface area contributed by atoms with E-state index in [0.717, 1.165) is 5.69 Å². The number of nitrogens with zero attached hydrogens (tertiary/aromatic N) is 3. The molecule has 150 valence electrons. The molecule has 11 heteroatoms. The number of nitrogens with one attached hydrogen (secondary N) is 1. The highest BCUT2D eigenvalue weighted by Crippen LogP contribution is 2.22. The lowest BCUT2D eigenvalue weighted by molar-refractivity contribution is -0.146. The van der Waals surface area contributed by atoms with Crippen LogP contribution in [0, 0.1) is 6.92 Å². The molecule has 0 fully saturated rings. The van der Waals surface area contributed by atoms with Gasteiger partial charge in [0.15, 0.2) is 4.96 Å². The van der Waals surface area contributed by atoms with Crippen molar-refractivity contribution < 1.29 is 17.9 Å². The molecule has 1 aliphatic rings. The summed E-state index contributed by atoms with van der Waals surface area (Å²) in [6, 6.07) is 6.74. The van der Waals surface area contributed by atoms with Crippen LogP contribution in [-0.2, 0) is 26.2 Å². The zero-order valence-corrected chi connectivity index (χ0v) is 17.1. The molecule has 0 saturated heterocycles. The summed E-state index contributed by atoms with van der Waals surface area (Å²) in [5.41, 5.74) is 1.28. The first kappa shape index (κ1) is 19.3. The predicted octanol–water partition coefficient (Wildman–Crippen LogP) is 1.23. The lowest BCUT2D eigenvalue weighted by atomic mass is 10.2. The molecule has 0 radical (unpaired) electrons. The van der Waals surface area contributed by atoms with Crippen LogP contribution < -0.4 is 10.3 Å². The zero-order valence-electron chi connectivity index (χ0n) is 15.4. The average molecular weight is 432 g/mol. The minimum atomic E-state index is -3.68. The fourth-order valence-electron chi connectivity index (χ4n) is 2.92. The van der Waals surface area contributed by atoms with Gasteiger partial charge in [-0.1, -0.05) is 12.1 Å². The van der Waals surface area contributed by atoms with Crippen molar-refractivity contribution in [1.29, 1.82) is 0 Å². The van der Waals surface area contributed by atoms with Gasteiger partial charge in [-0.05, 0) is 26.0 Å². The number of amidine groups is 1. The van der Waals surface area contributed by atoms with Crippen molar-refractivity contribution in [3.63, 3.8) is 0 Å². The SMILES string of the molecule is Cc1csc2nc(COC(=O)[C@H](C)N=C3NS(=O)(=O)c4ccccc43)cc(=O)n12. The van der Waals surface area contributed by atoms with Crippen LogP contribution in [0.15, 0.2) is 50.4 Å². The number of esters is 1. The topological polar surface area (TPSA) is 119 Å². The summed E-state index contributed by atoms with van der Waals surface area (Å²) >= 11 is 1.32. The Labute approximate surface area is 169 Å². The summed E-state index contributed by atoms with van der Waals surface area (Å²) in [6.07, 6.45) is 0. The van der Waals surface area contributed by atoms with Crippen molar-refractivity contribution in [3.05, 3.63) is 63.0 Å². The third kappa shape index (κ3) is 3.54. The van der Waals surface area contributed by atoms with E-state index in [1.165, 1.54) is 34.8 Å². The Hall–Kier alpha value is -3.05. The third-order valence-corrected chi connectivity index (χ3v) is 6.66. The number of hydrogen-bond donors (Lipinski definition) is 1. The Morgan fingerprint density at radius 2 is 2.14 bits per heavy atom. The molecule has 0 bridgehead atoms. The lowest BCUT2D eigenvalue weighted by Crippen LogP contribution is -2.27. The van der Waals surface area contributed by atoms with Crippen LogP contribution in [0.1, 0.15) is 23.9 Å². The number of carbonyl (C=O) groups is 1. The number of hydrogen-bond acceptors (Lipinski definition) is 8. The Kier molecular flexibility index (Phi) is 4.71. The zero-order chi connectivity index (χ0) is 20.8. The Morgan fingerprint density at radius 1 is 1.38 bits per heavy atom. The van der Waals surface area contributed by atoms with Gasteiger partial charge in [-0.15, -0.1) is 11.3 Å². The molecule has 1 atom stereocenters. The van der Waals surface area contributed by atoms with E-state index >= 15 is 0 Å². The first-order valence-corrected chi connectivity index (χ1v) is 11.0. The molecule has 1 N–H and O–H groups in total. The molecule has 0 unspecified atom stereocenters. The highest BCUT2D eigenvalue weighted by atomic mass is 32.2. The highest BCUT2D eigenvalue weighted by molar-refractivity contribution is 7.90. The molecule has 29 heavy (non-hydrogen) atoms.